The van der Waals surface area contributed by atoms with Crippen LogP contribution in [0.3, 0.4) is 0 Å². The lowest BCUT2D eigenvalue weighted by Crippen LogP contribution is -2.16. The van der Waals surface area contributed by atoms with Crippen LogP contribution in [0.4, 0.5) is 16.2 Å². The van der Waals surface area contributed by atoms with Gasteiger partial charge in [0, 0.05) is 17.8 Å². The summed E-state index contributed by atoms with van der Waals surface area (Å²) in [5, 5.41) is 14.1. The number of hydrogen-bond acceptors (Lipinski definition) is 6. The number of non-ortho nitro benzene ring substituents is 1. The summed E-state index contributed by atoms with van der Waals surface area (Å²) in [6, 6.07) is 10.7. The van der Waals surface area contributed by atoms with Crippen LogP contribution < -0.4 is 10.1 Å². The van der Waals surface area contributed by atoms with Gasteiger partial charge in [-0.15, -0.1) is 11.3 Å². The van der Waals surface area contributed by atoms with Gasteiger partial charge in [-0.05, 0) is 37.3 Å². The topological polar surface area (TPSA) is 94.4 Å². The van der Waals surface area contributed by atoms with E-state index in [2.05, 4.69) is 10.3 Å². The number of carbonyl (C=O) groups excluding carboxylic acids is 1. The molecule has 0 spiro atoms. The van der Waals surface area contributed by atoms with E-state index in [1.54, 1.807) is 23.5 Å². The maximum atomic E-state index is 11.9. The number of anilines is 1. The second-order valence-electron chi connectivity index (χ2n) is 4.68. The van der Waals surface area contributed by atoms with Crippen molar-refractivity contribution in [3.8, 4) is 5.75 Å². The second-order valence-corrected chi connectivity index (χ2v) is 5.92. The molecule has 0 radical (unpaired) electrons. The Morgan fingerprint density at radius 3 is 2.70 bits per heavy atom. The van der Waals surface area contributed by atoms with Crippen LogP contribution in [0, 0.1) is 17.0 Å². The molecule has 0 aliphatic heterocycles. The van der Waals surface area contributed by atoms with E-state index in [0.29, 0.717) is 5.69 Å². The Balaban J connectivity index is 1.69. The van der Waals surface area contributed by atoms with Crippen molar-refractivity contribution in [2.75, 3.05) is 5.32 Å². The molecule has 8 heteroatoms. The highest BCUT2D eigenvalue weighted by molar-refractivity contribution is 7.18. The van der Waals surface area contributed by atoms with E-state index >= 15 is 0 Å². The molecule has 1 heterocycles. The highest BCUT2D eigenvalue weighted by Gasteiger charge is 2.09. The average molecular weight is 329 g/mol. The molecule has 1 amide bonds. The van der Waals surface area contributed by atoms with Gasteiger partial charge in [0.2, 0.25) is 0 Å². The highest BCUT2D eigenvalue weighted by atomic mass is 32.1. The summed E-state index contributed by atoms with van der Waals surface area (Å²) < 4.78 is 6.12. The fourth-order valence-electron chi connectivity index (χ4n) is 2.01. The molecule has 0 bridgehead atoms. The number of amides is 1. The predicted octanol–water partition coefficient (Wildman–Crippen LogP) is 4.12. The van der Waals surface area contributed by atoms with Gasteiger partial charge >= 0.3 is 6.09 Å². The van der Waals surface area contributed by atoms with Crippen molar-refractivity contribution in [2.45, 2.75) is 6.92 Å². The van der Waals surface area contributed by atoms with E-state index in [0.717, 1.165) is 15.2 Å². The number of aryl methyl sites for hydroxylation is 1. The van der Waals surface area contributed by atoms with Gasteiger partial charge in [-0.25, -0.2) is 9.78 Å². The zero-order chi connectivity index (χ0) is 16.4. The number of nitrogens with zero attached hydrogens (tertiary/aromatic N) is 2. The maximum Gasteiger partial charge on any atom is 0.417 e. The Morgan fingerprint density at radius 2 is 2.00 bits per heavy atom. The standard InChI is InChI=1S/C15H11N3O4S/c1-9-16-13-8-10(2-7-14(13)23-9)17-15(19)22-12-5-3-11(4-6-12)18(20)21/h2-8H,1H3,(H,17,19). The number of nitrogens with one attached hydrogen (secondary N) is 1. The average Bonchev–Trinajstić information content (AvgIpc) is 2.87. The molecule has 0 aliphatic carbocycles. The lowest BCUT2D eigenvalue weighted by molar-refractivity contribution is -0.384. The summed E-state index contributed by atoms with van der Waals surface area (Å²) in [5.74, 6) is 0.221. The van der Waals surface area contributed by atoms with Gasteiger partial charge in [-0.1, -0.05) is 0 Å². The predicted molar refractivity (Wildman–Crippen MR) is 87.1 cm³/mol. The number of nitro benzene ring substituents is 1. The van der Waals surface area contributed by atoms with Crippen LogP contribution in [0.2, 0.25) is 0 Å². The minimum absolute atomic E-state index is 0.0675. The van der Waals surface area contributed by atoms with Gasteiger partial charge in [0.25, 0.3) is 5.69 Å². The molecule has 2 aromatic carbocycles. The lowest BCUT2D eigenvalue weighted by Gasteiger charge is -2.06. The van der Waals surface area contributed by atoms with Crippen molar-refractivity contribution in [3.05, 3.63) is 57.6 Å². The second kappa shape index (κ2) is 6.01. The summed E-state index contributed by atoms with van der Waals surface area (Å²) in [4.78, 5) is 26.3. The minimum Gasteiger partial charge on any atom is -0.410 e. The first-order chi connectivity index (χ1) is 11.0. The molecular formula is C15H11N3O4S. The van der Waals surface area contributed by atoms with Crippen LogP contribution >= 0.6 is 11.3 Å². The Kier molecular flexibility index (Phi) is 3.90. The summed E-state index contributed by atoms with van der Waals surface area (Å²) in [6.45, 7) is 1.92. The Bertz CT molecular complexity index is 889. The SMILES string of the molecule is Cc1nc2cc(NC(=O)Oc3ccc([N+](=O)[O-])cc3)ccc2s1. The molecule has 0 saturated heterocycles. The van der Waals surface area contributed by atoms with Crippen LogP contribution in [-0.4, -0.2) is 16.0 Å². The fraction of sp³-hybridized carbons (Fsp3) is 0.0667. The van der Waals surface area contributed by atoms with E-state index in [1.807, 2.05) is 13.0 Å². The Hall–Kier alpha value is -3.00. The number of rotatable bonds is 3. The summed E-state index contributed by atoms with van der Waals surface area (Å²) in [6.07, 6.45) is -0.676. The van der Waals surface area contributed by atoms with Gasteiger partial charge < -0.3 is 4.74 Å². The first-order valence-corrected chi connectivity index (χ1v) is 7.43. The van der Waals surface area contributed by atoms with E-state index < -0.39 is 11.0 Å². The minimum atomic E-state index is -0.676. The van der Waals surface area contributed by atoms with Crippen molar-refractivity contribution >= 4 is 39.0 Å². The number of benzene rings is 2. The molecule has 1 aromatic heterocycles. The third-order valence-corrected chi connectivity index (χ3v) is 3.95. The number of fused-ring (bicyclic) bond motifs is 1. The number of carbonyl (C=O) groups is 1. The van der Waals surface area contributed by atoms with E-state index in [9.17, 15) is 14.9 Å². The molecule has 3 rings (SSSR count). The number of ether oxygens (including phenoxy) is 1. The van der Waals surface area contributed by atoms with Crippen molar-refractivity contribution in [1.82, 2.24) is 4.98 Å². The van der Waals surface area contributed by atoms with Crippen LogP contribution in [0.25, 0.3) is 10.2 Å². The van der Waals surface area contributed by atoms with Gasteiger partial charge in [0.05, 0.1) is 20.1 Å². The first-order valence-electron chi connectivity index (χ1n) is 6.62. The Morgan fingerprint density at radius 1 is 1.26 bits per heavy atom. The van der Waals surface area contributed by atoms with Crippen molar-refractivity contribution in [3.63, 3.8) is 0 Å². The molecule has 0 unspecified atom stereocenters. The van der Waals surface area contributed by atoms with Crippen molar-refractivity contribution in [1.29, 1.82) is 0 Å². The smallest absolute Gasteiger partial charge is 0.410 e. The van der Waals surface area contributed by atoms with Gasteiger partial charge in [-0.2, -0.15) is 0 Å². The number of aromatic nitrogens is 1. The molecule has 0 saturated carbocycles. The molecule has 116 valence electrons. The molecule has 23 heavy (non-hydrogen) atoms. The van der Waals surface area contributed by atoms with Gasteiger partial charge in [0.15, 0.2) is 0 Å². The maximum absolute atomic E-state index is 11.9. The molecule has 0 aliphatic rings. The van der Waals surface area contributed by atoms with Crippen LogP contribution in [-0.2, 0) is 0 Å². The Labute approximate surface area is 134 Å². The number of nitro groups is 1. The number of hydrogen-bond donors (Lipinski definition) is 1. The summed E-state index contributed by atoms with van der Waals surface area (Å²) in [7, 11) is 0. The third kappa shape index (κ3) is 3.43. The summed E-state index contributed by atoms with van der Waals surface area (Å²) in [5.41, 5.74) is 1.30. The normalized spacial score (nSPS) is 10.5. The van der Waals surface area contributed by atoms with Crippen molar-refractivity contribution < 1.29 is 14.5 Å². The van der Waals surface area contributed by atoms with Crippen molar-refractivity contribution in [2.24, 2.45) is 0 Å². The fourth-order valence-corrected chi connectivity index (χ4v) is 2.81. The third-order valence-electron chi connectivity index (χ3n) is 3.00. The quantitative estimate of drug-likeness (QED) is 0.576. The number of thiazole rings is 1. The summed E-state index contributed by atoms with van der Waals surface area (Å²) >= 11 is 1.58. The zero-order valence-electron chi connectivity index (χ0n) is 12.0. The monoisotopic (exact) mass is 329 g/mol. The molecule has 7 nitrogen and oxygen atoms in total. The molecular weight excluding hydrogens is 318 g/mol. The van der Waals surface area contributed by atoms with E-state index in [1.165, 1.54) is 24.3 Å². The zero-order valence-corrected chi connectivity index (χ0v) is 12.8. The van der Waals surface area contributed by atoms with Crippen LogP contribution in [0.5, 0.6) is 5.75 Å². The highest BCUT2D eigenvalue weighted by Crippen LogP contribution is 2.24. The molecule has 1 N–H and O–H groups in total. The molecule has 0 atom stereocenters. The van der Waals surface area contributed by atoms with Crippen LogP contribution in [0.15, 0.2) is 42.5 Å². The molecule has 3 aromatic rings. The largest absolute Gasteiger partial charge is 0.417 e. The van der Waals surface area contributed by atoms with Gasteiger partial charge in [-0.3, -0.25) is 15.4 Å². The first kappa shape index (κ1) is 14.9. The van der Waals surface area contributed by atoms with E-state index in [-0.39, 0.29) is 11.4 Å². The van der Waals surface area contributed by atoms with Crippen LogP contribution in [0.1, 0.15) is 5.01 Å². The molecule has 0 fully saturated rings. The van der Waals surface area contributed by atoms with E-state index in [4.69, 9.17) is 4.74 Å². The van der Waals surface area contributed by atoms with Gasteiger partial charge in [0.1, 0.15) is 5.75 Å². The lowest BCUT2D eigenvalue weighted by atomic mass is 10.3.